The third kappa shape index (κ3) is 5.23. The van der Waals surface area contributed by atoms with E-state index in [0.717, 1.165) is 0 Å². The SMILES string of the molecule is COCCCN(CCOC)S(=O)(=O)c1cc(Br)ccc1N. The molecule has 0 aliphatic rings. The van der Waals surface area contributed by atoms with Gasteiger partial charge >= 0.3 is 0 Å². The molecular weight excluding hydrogens is 360 g/mol. The molecule has 8 heteroatoms. The lowest BCUT2D eigenvalue weighted by Gasteiger charge is -2.22. The van der Waals surface area contributed by atoms with Crippen LogP contribution in [-0.2, 0) is 19.5 Å². The average Bonchev–Trinajstić information content (AvgIpc) is 2.45. The van der Waals surface area contributed by atoms with Crippen molar-refractivity contribution in [2.24, 2.45) is 0 Å². The average molecular weight is 381 g/mol. The van der Waals surface area contributed by atoms with Crippen molar-refractivity contribution in [3.63, 3.8) is 0 Å². The number of nitrogen functional groups attached to an aromatic ring is 1. The van der Waals surface area contributed by atoms with Crippen LogP contribution in [0.3, 0.4) is 0 Å². The topological polar surface area (TPSA) is 81.9 Å². The van der Waals surface area contributed by atoms with E-state index in [2.05, 4.69) is 15.9 Å². The highest BCUT2D eigenvalue weighted by atomic mass is 79.9. The van der Waals surface area contributed by atoms with Crippen molar-refractivity contribution < 1.29 is 17.9 Å². The van der Waals surface area contributed by atoms with Crippen LogP contribution < -0.4 is 5.73 Å². The molecule has 0 radical (unpaired) electrons. The fourth-order valence-electron chi connectivity index (χ4n) is 1.80. The second kappa shape index (κ2) is 8.70. The molecule has 0 saturated carbocycles. The van der Waals surface area contributed by atoms with E-state index in [9.17, 15) is 8.42 Å². The van der Waals surface area contributed by atoms with E-state index in [-0.39, 0.29) is 17.1 Å². The van der Waals surface area contributed by atoms with E-state index < -0.39 is 10.0 Å². The van der Waals surface area contributed by atoms with E-state index in [1.54, 1.807) is 19.2 Å². The highest BCUT2D eigenvalue weighted by molar-refractivity contribution is 9.10. The van der Waals surface area contributed by atoms with E-state index in [0.29, 0.717) is 30.7 Å². The molecule has 0 amide bonds. The number of nitrogens with two attached hydrogens (primary N) is 1. The Morgan fingerprint density at radius 3 is 2.48 bits per heavy atom. The second-order valence-electron chi connectivity index (χ2n) is 4.43. The van der Waals surface area contributed by atoms with Gasteiger partial charge in [0, 0.05) is 38.4 Å². The van der Waals surface area contributed by atoms with Gasteiger partial charge in [0.15, 0.2) is 0 Å². The van der Waals surface area contributed by atoms with Crippen molar-refractivity contribution in [1.82, 2.24) is 4.31 Å². The first-order valence-corrected chi connectivity index (χ1v) is 8.70. The Morgan fingerprint density at radius 2 is 1.86 bits per heavy atom. The second-order valence-corrected chi connectivity index (χ2v) is 7.25. The molecular formula is C13H21BrN2O4S. The minimum absolute atomic E-state index is 0.102. The van der Waals surface area contributed by atoms with Crippen molar-refractivity contribution in [3.05, 3.63) is 22.7 Å². The largest absolute Gasteiger partial charge is 0.398 e. The van der Waals surface area contributed by atoms with Crippen molar-refractivity contribution in [2.75, 3.05) is 46.3 Å². The molecule has 0 spiro atoms. The van der Waals surface area contributed by atoms with Crippen LogP contribution in [0.4, 0.5) is 5.69 Å². The van der Waals surface area contributed by atoms with Crippen LogP contribution in [0.15, 0.2) is 27.6 Å². The van der Waals surface area contributed by atoms with Gasteiger partial charge in [0.25, 0.3) is 0 Å². The van der Waals surface area contributed by atoms with E-state index in [1.165, 1.54) is 17.5 Å². The Kier molecular flexibility index (Phi) is 7.61. The quantitative estimate of drug-likeness (QED) is 0.520. The summed E-state index contributed by atoms with van der Waals surface area (Å²) < 4.78 is 37.5. The number of sulfonamides is 1. The highest BCUT2D eigenvalue weighted by Gasteiger charge is 2.26. The smallest absolute Gasteiger partial charge is 0.245 e. The molecule has 0 fully saturated rings. The summed E-state index contributed by atoms with van der Waals surface area (Å²) in [5, 5.41) is 0. The number of anilines is 1. The normalized spacial score (nSPS) is 12.0. The molecule has 0 atom stereocenters. The standard InChI is InChI=1S/C13H21BrN2O4S/c1-19-8-3-6-16(7-9-20-2)21(17,18)13-10-11(14)4-5-12(13)15/h4-5,10H,3,6-9,15H2,1-2H3. The van der Waals surface area contributed by atoms with Crippen LogP contribution in [0.25, 0.3) is 0 Å². The maximum Gasteiger partial charge on any atom is 0.245 e. The molecule has 0 saturated heterocycles. The van der Waals surface area contributed by atoms with E-state index in [4.69, 9.17) is 15.2 Å². The van der Waals surface area contributed by atoms with E-state index >= 15 is 0 Å². The van der Waals surface area contributed by atoms with Gasteiger partial charge in [0.1, 0.15) is 4.90 Å². The number of rotatable bonds is 9. The van der Waals surface area contributed by atoms with Crippen molar-refractivity contribution >= 4 is 31.6 Å². The summed E-state index contributed by atoms with van der Waals surface area (Å²) >= 11 is 3.27. The maximum absolute atomic E-state index is 12.7. The van der Waals surface area contributed by atoms with Gasteiger partial charge < -0.3 is 15.2 Å². The molecule has 120 valence electrons. The van der Waals surface area contributed by atoms with Gasteiger partial charge in [-0.05, 0) is 24.6 Å². The van der Waals surface area contributed by atoms with Gasteiger partial charge in [-0.3, -0.25) is 0 Å². The Balaban J connectivity index is 3.04. The zero-order valence-corrected chi connectivity index (χ0v) is 14.6. The van der Waals surface area contributed by atoms with Crippen LogP contribution in [0.1, 0.15) is 6.42 Å². The molecule has 2 N–H and O–H groups in total. The lowest BCUT2D eigenvalue weighted by Crippen LogP contribution is -2.35. The third-order valence-corrected chi connectivity index (χ3v) is 5.34. The molecule has 0 bridgehead atoms. The van der Waals surface area contributed by atoms with Gasteiger partial charge in [-0.2, -0.15) is 4.31 Å². The number of nitrogens with zero attached hydrogens (tertiary/aromatic N) is 1. The molecule has 21 heavy (non-hydrogen) atoms. The van der Waals surface area contributed by atoms with Crippen molar-refractivity contribution in [1.29, 1.82) is 0 Å². The number of hydrogen-bond donors (Lipinski definition) is 1. The fourth-order valence-corrected chi connectivity index (χ4v) is 3.92. The predicted octanol–water partition coefficient (Wildman–Crippen LogP) is 1.70. The Bertz CT molecular complexity index is 551. The van der Waals surface area contributed by atoms with Gasteiger partial charge in [0.05, 0.1) is 12.3 Å². The number of ether oxygens (including phenoxy) is 2. The summed E-state index contributed by atoms with van der Waals surface area (Å²) in [6, 6.07) is 4.79. The fraction of sp³-hybridized carbons (Fsp3) is 0.538. The van der Waals surface area contributed by atoms with Crippen LogP contribution in [0.2, 0.25) is 0 Å². The zero-order chi connectivity index (χ0) is 15.9. The molecule has 6 nitrogen and oxygen atoms in total. The highest BCUT2D eigenvalue weighted by Crippen LogP contribution is 2.26. The first kappa shape index (κ1) is 18.4. The van der Waals surface area contributed by atoms with Crippen molar-refractivity contribution in [3.8, 4) is 0 Å². The lowest BCUT2D eigenvalue weighted by atomic mass is 10.3. The van der Waals surface area contributed by atoms with Gasteiger partial charge in [0.2, 0.25) is 10.0 Å². The van der Waals surface area contributed by atoms with Gasteiger partial charge in [-0.1, -0.05) is 15.9 Å². The predicted molar refractivity (Wildman–Crippen MR) is 85.7 cm³/mol. The Morgan fingerprint density at radius 1 is 1.19 bits per heavy atom. The third-order valence-electron chi connectivity index (χ3n) is 2.89. The van der Waals surface area contributed by atoms with Gasteiger partial charge in [-0.15, -0.1) is 0 Å². The first-order chi connectivity index (χ1) is 9.93. The zero-order valence-electron chi connectivity index (χ0n) is 12.2. The van der Waals surface area contributed by atoms with Crippen LogP contribution in [0.5, 0.6) is 0 Å². The Labute approximate surface area is 134 Å². The van der Waals surface area contributed by atoms with E-state index in [1.807, 2.05) is 0 Å². The van der Waals surface area contributed by atoms with Crippen LogP contribution in [0, 0.1) is 0 Å². The molecule has 1 aromatic rings. The maximum atomic E-state index is 12.7. The summed E-state index contributed by atoms with van der Waals surface area (Å²) in [5.41, 5.74) is 6.04. The summed E-state index contributed by atoms with van der Waals surface area (Å²) in [6.07, 6.45) is 0.605. The van der Waals surface area contributed by atoms with Gasteiger partial charge in [-0.25, -0.2) is 8.42 Å². The Hall–Kier alpha value is -0.670. The molecule has 0 aliphatic heterocycles. The molecule has 0 heterocycles. The summed E-state index contributed by atoms with van der Waals surface area (Å²) in [4.78, 5) is 0.102. The summed E-state index contributed by atoms with van der Waals surface area (Å²) in [6.45, 7) is 1.44. The first-order valence-electron chi connectivity index (χ1n) is 6.46. The molecule has 0 aromatic heterocycles. The monoisotopic (exact) mass is 380 g/mol. The molecule has 1 aromatic carbocycles. The molecule has 1 rings (SSSR count). The van der Waals surface area contributed by atoms with Crippen LogP contribution >= 0.6 is 15.9 Å². The summed E-state index contributed by atoms with van der Waals surface area (Å²) in [7, 11) is -0.545. The molecule has 0 aliphatic carbocycles. The number of halogens is 1. The lowest BCUT2D eigenvalue weighted by molar-refractivity contribution is 0.164. The minimum Gasteiger partial charge on any atom is -0.398 e. The number of hydrogen-bond acceptors (Lipinski definition) is 5. The van der Waals surface area contributed by atoms with Crippen molar-refractivity contribution in [2.45, 2.75) is 11.3 Å². The number of benzene rings is 1. The minimum atomic E-state index is -3.66. The number of methoxy groups -OCH3 is 2. The van der Waals surface area contributed by atoms with Crippen LogP contribution in [-0.4, -0.2) is 53.2 Å². The summed E-state index contributed by atoms with van der Waals surface area (Å²) in [5.74, 6) is 0. The molecule has 0 unspecified atom stereocenters.